The van der Waals surface area contributed by atoms with Crippen LogP contribution in [-0.4, -0.2) is 60.5 Å². The van der Waals surface area contributed by atoms with Crippen LogP contribution in [0.2, 0.25) is 0 Å². The van der Waals surface area contributed by atoms with E-state index in [1.807, 2.05) is 164 Å². The fraction of sp³-hybridized carbons (Fsp3) is 0.194. The smallest absolute Gasteiger partial charge is 0.466 e. The fourth-order valence-electron chi connectivity index (χ4n) is 5.77. The molecule has 8 rings (SSSR count). The Labute approximate surface area is 471 Å². The molecule has 0 saturated carbocycles. The number of rotatable bonds is 15. The van der Waals surface area contributed by atoms with E-state index in [0.29, 0.717) is 56.6 Å². The van der Waals surface area contributed by atoms with E-state index in [0.717, 1.165) is 33.6 Å². The zero-order valence-electron chi connectivity index (χ0n) is 44.2. The molecule has 414 valence electrons. The molecule has 79 heavy (non-hydrogen) atoms. The zero-order valence-corrected chi connectivity index (χ0v) is 45.8. The van der Waals surface area contributed by atoms with Crippen molar-refractivity contribution in [3.63, 3.8) is 0 Å². The maximum Gasteiger partial charge on any atom is 0.519 e. The van der Waals surface area contributed by atoms with Crippen molar-refractivity contribution in [3.05, 3.63) is 247 Å². The molecule has 0 aromatic heterocycles. The van der Waals surface area contributed by atoms with Gasteiger partial charge in [-0.25, -0.2) is 14.4 Å². The second kappa shape index (κ2) is 42.3. The van der Waals surface area contributed by atoms with Crippen molar-refractivity contribution in [2.45, 2.75) is 57.9 Å². The average molecular weight is 1110 g/mol. The van der Waals surface area contributed by atoms with Crippen molar-refractivity contribution in [1.82, 2.24) is 10.6 Å². The molecule has 1 saturated heterocycles. The topological polar surface area (TPSA) is 191 Å². The number of hydrogen-bond donors (Lipinski definition) is 2. The predicted molar refractivity (Wildman–Crippen MR) is 309 cm³/mol. The first-order valence-electron chi connectivity index (χ1n) is 25.0. The van der Waals surface area contributed by atoms with Gasteiger partial charge in [-0.15, -0.1) is 6.58 Å². The number of ether oxygens (including phenoxy) is 7. The molecular weight excluding hydrogens is 1040 g/mol. The quantitative estimate of drug-likeness (QED) is 0.0324. The largest absolute Gasteiger partial charge is 0.519 e. The molecular formula is C62H66N2O13S2. The number of carbonyl (C=O) groups is 6. The third-order valence-corrected chi connectivity index (χ3v) is 11.1. The van der Waals surface area contributed by atoms with Crippen LogP contribution in [0.1, 0.15) is 48.9 Å². The van der Waals surface area contributed by atoms with Crippen LogP contribution in [0.5, 0.6) is 11.5 Å². The summed E-state index contributed by atoms with van der Waals surface area (Å²) in [6, 6.07) is 65.9. The molecule has 15 nitrogen and oxygen atoms in total. The number of carbonyl (C=O) groups excluding carboxylic acids is 6. The van der Waals surface area contributed by atoms with Gasteiger partial charge in [-0.2, -0.15) is 0 Å². The number of thioether (sulfide) groups is 2. The molecule has 2 N–H and O–H groups in total. The van der Waals surface area contributed by atoms with E-state index in [-0.39, 0.29) is 29.7 Å². The molecule has 1 aliphatic heterocycles. The molecule has 0 unspecified atom stereocenters. The van der Waals surface area contributed by atoms with Gasteiger partial charge in [0.05, 0.1) is 19.8 Å². The maximum absolute atomic E-state index is 11.6. The van der Waals surface area contributed by atoms with Crippen LogP contribution in [0.4, 0.5) is 24.0 Å². The van der Waals surface area contributed by atoms with Gasteiger partial charge in [0.15, 0.2) is 0 Å². The highest BCUT2D eigenvalue weighted by molar-refractivity contribution is 8.13. The molecule has 7 aromatic rings. The Kier molecular flexibility index (Phi) is 34.6. The van der Waals surface area contributed by atoms with Crippen molar-refractivity contribution in [1.29, 1.82) is 0 Å². The summed E-state index contributed by atoms with van der Waals surface area (Å²) >= 11 is 2.44. The van der Waals surface area contributed by atoms with Crippen LogP contribution in [0.15, 0.2) is 230 Å². The standard InChI is InChI=1S/C15H14O3.C14H13NOS.C13H10O3.C11H13NOS.C5H10O3.C4H6O2/c16-15(17-11-13-7-3-1-4-8-13)18-12-14-9-5-2-6-10-14;16-14(17-13-9-5-2-6-10-13)15-11-12-7-3-1-4-8-12;14-13(15-11-7-3-1-4-8-11)16-12-9-5-2-6-10-12;1-2-8-14-11(13)12-9-10-6-4-3-5-7-10;1-3-7-5(6)8-4-2;5-4-2-1-3-6-4/h1-10H,11-12H2;1-10H,11H2,(H,15,16);1-10H;2-7H,1,8-9H2,(H,12,13);3-4H2,1-2H3;1-3H2. The van der Waals surface area contributed by atoms with Crippen LogP contribution in [0, 0.1) is 0 Å². The number of nitrogens with one attached hydrogen (secondary N) is 2. The number of benzene rings is 7. The molecule has 0 radical (unpaired) electrons. The first kappa shape index (κ1) is 64.5. The predicted octanol–water partition coefficient (Wildman–Crippen LogP) is 14.8. The van der Waals surface area contributed by atoms with Gasteiger partial charge in [0, 0.05) is 30.2 Å². The second-order valence-corrected chi connectivity index (χ2v) is 17.6. The van der Waals surface area contributed by atoms with Crippen molar-refractivity contribution < 1.29 is 61.9 Å². The second-order valence-electron chi connectivity index (χ2n) is 15.6. The van der Waals surface area contributed by atoms with Crippen LogP contribution in [0.25, 0.3) is 0 Å². The normalized spacial score (nSPS) is 10.4. The molecule has 2 amide bonds. The van der Waals surface area contributed by atoms with Crippen LogP contribution in [-0.2, 0) is 54.8 Å². The van der Waals surface area contributed by atoms with Crippen LogP contribution in [0.3, 0.4) is 0 Å². The van der Waals surface area contributed by atoms with E-state index < -0.39 is 18.5 Å². The van der Waals surface area contributed by atoms with Crippen molar-refractivity contribution in [3.8, 4) is 11.5 Å². The third kappa shape index (κ3) is 33.8. The molecule has 0 aliphatic carbocycles. The average Bonchev–Trinajstić information content (AvgIpc) is 3.98. The van der Waals surface area contributed by atoms with Gasteiger partial charge >= 0.3 is 24.4 Å². The Morgan fingerprint density at radius 2 is 0.861 bits per heavy atom. The minimum atomic E-state index is -0.739. The van der Waals surface area contributed by atoms with Crippen molar-refractivity contribution in [2.75, 3.05) is 25.6 Å². The van der Waals surface area contributed by atoms with E-state index in [1.165, 1.54) is 23.5 Å². The summed E-state index contributed by atoms with van der Waals surface area (Å²) in [5.74, 6) is 1.53. The number of hydrogen-bond acceptors (Lipinski definition) is 15. The molecule has 17 heteroatoms. The lowest BCUT2D eigenvalue weighted by atomic mass is 10.2. The van der Waals surface area contributed by atoms with Gasteiger partial charge < -0.3 is 43.8 Å². The van der Waals surface area contributed by atoms with Crippen molar-refractivity contribution >= 4 is 58.4 Å². The third-order valence-electron chi connectivity index (χ3n) is 9.45. The van der Waals surface area contributed by atoms with E-state index in [9.17, 15) is 28.8 Å². The highest BCUT2D eigenvalue weighted by Gasteiger charge is 2.09. The van der Waals surface area contributed by atoms with Gasteiger partial charge in [0.2, 0.25) is 0 Å². The lowest BCUT2D eigenvalue weighted by Gasteiger charge is -2.06. The number of cyclic esters (lactones) is 1. The summed E-state index contributed by atoms with van der Waals surface area (Å²) in [7, 11) is 0. The summed E-state index contributed by atoms with van der Waals surface area (Å²) in [6.45, 7) is 10.0. The SMILES string of the molecule is C=CCSC(=O)NCc1ccccc1.CCOC(=O)OCC.O=C(NCc1ccccc1)Sc1ccccc1.O=C(OCc1ccccc1)OCc1ccccc1.O=C(Oc1ccccc1)Oc1ccccc1.O=C1CCCO1. The number of amides is 2. The molecule has 0 spiro atoms. The zero-order chi connectivity index (χ0) is 56.8. The number of para-hydroxylation sites is 2. The summed E-state index contributed by atoms with van der Waals surface area (Å²) in [4.78, 5) is 66.7. The first-order valence-corrected chi connectivity index (χ1v) is 26.8. The summed E-state index contributed by atoms with van der Waals surface area (Å²) in [5.41, 5.74) is 4.10. The van der Waals surface area contributed by atoms with E-state index in [2.05, 4.69) is 31.4 Å². The van der Waals surface area contributed by atoms with E-state index in [4.69, 9.17) is 18.9 Å². The van der Waals surface area contributed by atoms with Gasteiger partial charge in [-0.1, -0.05) is 194 Å². The minimum Gasteiger partial charge on any atom is -0.466 e. The van der Waals surface area contributed by atoms with Gasteiger partial charge in [-0.3, -0.25) is 14.4 Å². The van der Waals surface area contributed by atoms with Crippen LogP contribution < -0.4 is 20.1 Å². The summed E-state index contributed by atoms with van der Waals surface area (Å²) in [6.07, 6.45) is 1.28. The van der Waals surface area contributed by atoms with Gasteiger partial charge in [0.25, 0.3) is 10.5 Å². The highest BCUT2D eigenvalue weighted by Crippen LogP contribution is 2.18. The summed E-state index contributed by atoms with van der Waals surface area (Å²) in [5, 5.41) is 5.65. The van der Waals surface area contributed by atoms with Gasteiger partial charge in [-0.05, 0) is 90.7 Å². The Morgan fingerprint density at radius 3 is 1.22 bits per heavy atom. The summed E-state index contributed by atoms with van der Waals surface area (Å²) < 4.78 is 33.2. The molecule has 1 heterocycles. The Hall–Kier alpha value is -8.80. The molecule has 0 atom stereocenters. The Bertz CT molecular complexity index is 2640. The fourth-order valence-corrected chi connectivity index (χ4v) is 6.87. The molecule has 1 fully saturated rings. The van der Waals surface area contributed by atoms with Gasteiger partial charge in [0.1, 0.15) is 24.7 Å². The molecule has 0 bridgehead atoms. The van der Waals surface area contributed by atoms with E-state index >= 15 is 0 Å². The minimum absolute atomic E-state index is 0.00578. The Morgan fingerprint density at radius 1 is 0.494 bits per heavy atom. The number of esters is 1. The lowest BCUT2D eigenvalue weighted by Crippen LogP contribution is -2.17. The lowest BCUT2D eigenvalue weighted by molar-refractivity contribution is -0.137. The molecule has 7 aromatic carbocycles. The monoisotopic (exact) mass is 1110 g/mol. The molecule has 1 aliphatic rings. The van der Waals surface area contributed by atoms with Crippen molar-refractivity contribution in [2.24, 2.45) is 0 Å². The van der Waals surface area contributed by atoms with E-state index in [1.54, 1.807) is 68.5 Å². The van der Waals surface area contributed by atoms with Crippen LogP contribution >= 0.6 is 23.5 Å². The highest BCUT2D eigenvalue weighted by atomic mass is 32.2. The first-order chi connectivity index (χ1) is 38.6. The Balaban J connectivity index is 0.000000257. The maximum atomic E-state index is 11.6.